The number of carbonyl (C=O) groups excluding carboxylic acids is 5. The van der Waals surface area contributed by atoms with Crippen LogP contribution >= 0.6 is 0 Å². The summed E-state index contributed by atoms with van der Waals surface area (Å²) < 4.78 is 23.8. The van der Waals surface area contributed by atoms with Crippen LogP contribution in [0, 0.1) is 0 Å². The van der Waals surface area contributed by atoms with E-state index in [1.165, 1.54) is 0 Å². The molecule has 1 fully saturated rings. The number of hydrogen-bond donors (Lipinski definition) is 2. The maximum absolute atomic E-state index is 13.5. The molecule has 0 aliphatic carbocycles. The molecule has 0 saturated carbocycles. The van der Waals surface area contributed by atoms with Crippen molar-refractivity contribution in [1.29, 1.82) is 0 Å². The molecule has 5 unspecified atom stereocenters. The zero-order valence-electron chi connectivity index (χ0n) is 33.4. The molecule has 302 valence electrons. The summed E-state index contributed by atoms with van der Waals surface area (Å²) in [6.45, 7) is 21.4. The highest BCUT2D eigenvalue weighted by Gasteiger charge is 2.34. The number of quaternary nitrogens is 1. The third kappa shape index (κ3) is 19.0. The van der Waals surface area contributed by atoms with Crippen molar-refractivity contribution in [2.45, 2.75) is 117 Å². The van der Waals surface area contributed by atoms with E-state index in [9.17, 15) is 24.0 Å². The maximum atomic E-state index is 13.5. The molecule has 0 spiro atoms. The number of benzene rings is 1. The summed E-state index contributed by atoms with van der Waals surface area (Å²) in [7, 11) is 0. The second-order valence-electron chi connectivity index (χ2n) is 16.1. The molecule has 2 N–H and O–H groups in total. The van der Waals surface area contributed by atoms with Gasteiger partial charge in [0.05, 0.1) is 42.5 Å². The van der Waals surface area contributed by atoms with Gasteiger partial charge in [0.2, 0.25) is 18.4 Å². The number of halogens is 1. The Bertz CT molecular complexity index is 1230. The van der Waals surface area contributed by atoms with E-state index in [0.29, 0.717) is 52.4 Å². The molecular weight excluding hydrogens is 750 g/mol. The molecule has 5 atom stereocenters. The summed E-state index contributed by atoms with van der Waals surface area (Å²) >= 11 is 0. The minimum Gasteiger partial charge on any atom is -1.00 e. The Labute approximate surface area is 326 Å². The van der Waals surface area contributed by atoms with E-state index in [1.807, 2.05) is 107 Å². The number of hydrogen-bond acceptors (Lipinski definition) is 12. The normalized spacial score (nSPS) is 19.9. The Hall–Kier alpha value is -2.63. The van der Waals surface area contributed by atoms with Gasteiger partial charge in [-0.2, -0.15) is 0 Å². The summed E-state index contributed by atoms with van der Waals surface area (Å²) in [4.78, 5) is 69.9. The lowest BCUT2D eigenvalue weighted by molar-refractivity contribution is -0.937. The molecule has 14 nitrogen and oxygen atoms in total. The Kier molecular flexibility index (Phi) is 20.7. The van der Waals surface area contributed by atoms with Gasteiger partial charge in [-0.15, -0.1) is 0 Å². The van der Waals surface area contributed by atoms with Crippen molar-refractivity contribution in [3.8, 4) is 0 Å². The van der Waals surface area contributed by atoms with E-state index in [0.717, 1.165) is 29.3 Å². The number of esters is 1. The molecule has 2 rings (SSSR count). The highest BCUT2D eigenvalue weighted by atomic mass is 79.9. The Balaban J connectivity index is 0.0000140. The highest BCUT2D eigenvalue weighted by molar-refractivity contribution is 5.85. The lowest BCUT2D eigenvalue weighted by Crippen LogP contribution is -3.18. The van der Waals surface area contributed by atoms with Crippen LogP contribution in [0.4, 0.5) is 0 Å². The third-order valence-corrected chi connectivity index (χ3v) is 8.27. The zero-order chi connectivity index (χ0) is 39.1. The number of amides is 1. The van der Waals surface area contributed by atoms with E-state index in [-0.39, 0.29) is 36.0 Å². The smallest absolute Gasteiger partial charge is 0.325 e. The highest BCUT2D eigenvalue weighted by Crippen LogP contribution is 2.16. The first-order valence-electron chi connectivity index (χ1n) is 18.2. The van der Waals surface area contributed by atoms with Gasteiger partial charge in [-0.05, 0) is 74.8 Å². The number of ether oxygens (including phenoxy) is 4. The van der Waals surface area contributed by atoms with Gasteiger partial charge >= 0.3 is 5.97 Å². The summed E-state index contributed by atoms with van der Waals surface area (Å²) in [5, 5.41) is 2.71. The van der Waals surface area contributed by atoms with Crippen LogP contribution in [0.3, 0.4) is 0 Å². The molecule has 1 aromatic rings. The first-order chi connectivity index (χ1) is 24.2. The molecule has 0 bridgehead atoms. The first kappa shape index (κ1) is 48.4. The Morgan fingerprint density at radius 2 is 1.17 bits per heavy atom. The fraction of sp³-hybridized carbons (Fsp3) is 0.711. The van der Waals surface area contributed by atoms with Crippen LogP contribution in [-0.4, -0.2) is 146 Å². The van der Waals surface area contributed by atoms with Gasteiger partial charge < -0.3 is 46.1 Å². The summed E-state index contributed by atoms with van der Waals surface area (Å²) in [5.74, 6) is -0.929. The average Bonchev–Trinajstić information content (AvgIpc) is 3.06. The lowest BCUT2D eigenvalue weighted by Gasteiger charge is -2.40. The molecule has 0 radical (unpaired) electrons. The minimum absolute atomic E-state index is 0. The molecule has 1 heterocycles. The fourth-order valence-electron chi connectivity index (χ4n) is 5.68. The van der Waals surface area contributed by atoms with Gasteiger partial charge in [0.15, 0.2) is 25.0 Å². The van der Waals surface area contributed by atoms with E-state index >= 15 is 0 Å². The van der Waals surface area contributed by atoms with Crippen LogP contribution < -0.4 is 27.2 Å². The topological polar surface area (TPSA) is 148 Å². The van der Waals surface area contributed by atoms with Crippen molar-refractivity contribution in [2.75, 3.05) is 58.9 Å². The van der Waals surface area contributed by atoms with Crippen LogP contribution in [0.15, 0.2) is 30.3 Å². The lowest BCUT2D eigenvalue weighted by atomic mass is 10.2. The van der Waals surface area contributed by atoms with Crippen molar-refractivity contribution in [3.05, 3.63) is 35.9 Å². The summed E-state index contributed by atoms with van der Waals surface area (Å²) in [6.07, 6.45) is -0.258. The molecule has 1 aliphatic heterocycles. The van der Waals surface area contributed by atoms with Gasteiger partial charge in [0.1, 0.15) is 13.2 Å². The number of rotatable bonds is 15. The van der Waals surface area contributed by atoms with E-state index in [4.69, 9.17) is 18.9 Å². The first-order valence-corrected chi connectivity index (χ1v) is 18.2. The molecule has 15 heteroatoms. The third-order valence-electron chi connectivity index (χ3n) is 8.27. The molecule has 1 aliphatic rings. The van der Waals surface area contributed by atoms with Crippen molar-refractivity contribution in [1.82, 2.24) is 20.0 Å². The van der Waals surface area contributed by atoms with E-state index in [2.05, 4.69) is 5.32 Å². The van der Waals surface area contributed by atoms with Crippen molar-refractivity contribution < 1.29 is 64.8 Å². The van der Waals surface area contributed by atoms with Crippen LogP contribution in [0.5, 0.6) is 0 Å². The minimum atomic E-state index is -0.893. The van der Waals surface area contributed by atoms with Gasteiger partial charge in [0.25, 0.3) is 0 Å². The summed E-state index contributed by atoms with van der Waals surface area (Å²) in [5.41, 5.74) is -1.01. The SMILES string of the molecule is CC(C(=O)NCC(=O)OCc1ccccc1)N1CCN(C(C=O)OC(C)(C)C)CCN(C(C=O)OC(C)(C)C)CC[NH+](C(C=O)OC(C)(C)C)CC1.[Br-]. The van der Waals surface area contributed by atoms with Gasteiger partial charge in [-0.1, -0.05) is 30.3 Å². The predicted molar refractivity (Wildman–Crippen MR) is 196 cm³/mol. The predicted octanol–water partition coefficient (Wildman–Crippen LogP) is -1.94. The fourth-order valence-corrected chi connectivity index (χ4v) is 5.68. The number of carbonyl (C=O) groups is 5. The van der Waals surface area contributed by atoms with Gasteiger partial charge in [0, 0.05) is 32.7 Å². The number of aldehydes is 3. The van der Waals surface area contributed by atoms with E-state index < -0.39 is 47.5 Å². The number of nitrogens with one attached hydrogen (secondary N) is 2. The number of nitrogens with zero attached hydrogens (tertiary/aromatic N) is 3. The Morgan fingerprint density at radius 1 is 0.717 bits per heavy atom. The zero-order valence-corrected chi connectivity index (χ0v) is 35.0. The molecule has 0 aromatic heterocycles. The maximum Gasteiger partial charge on any atom is 0.325 e. The second-order valence-corrected chi connectivity index (χ2v) is 16.1. The van der Waals surface area contributed by atoms with E-state index in [1.54, 1.807) is 6.92 Å². The molecular formula is C38H64BrN5O9. The standard InChI is InChI=1S/C38H63N5O9.BrH/c1-29(35(48)39-24-34(47)49-28-30-14-12-11-13-15-30)40-16-18-41(31(25-44)50-36(2,3)4)20-22-43(33(27-46)52-38(8,9)10)23-21-42(19-17-40)32(26-45)51-37(5,6)7;/h11-15,25-27,29,31-33H,16-24,28H2,1-10H3,(H,39,48);1H. The summed E-state index contributed by atoms with van der Waals surface area (Å²) in [6, 6.07) is 8.60. The van der Waals surface area contributed by atoms with Gasteiger partial charge in [-0.3, -0.25) is 38.7 Å². The van der Waals surface area contributed by atoms with Crippen LogP contribution in [0.2, 0.25) is 0 Å². The van der Waals surface area contributed by atoms with Crippen LogP contribution in [0.25, 0.3) is 0 Å². The average molecular weight is 815 g/mol. The largest absolute Gasteiger partial charge is 1.00 e. The monoisotopic (exact) mass is 813 g/mol. The molecule has 53 heavy (non-hydrogen) atoms. The molecule has 1 saturated heterocycles. The molecule has 1 aromatic carbocycles. The van der Waals surface area contributed by atoms with Crippen LogP contribution in [-0.2, 0) is 49.5 Å². The quantitative estimate of drug-likeness (QED) is 0.150. The second kappa shape index (κ2) is 22.7. The molecule has 1 amide bonds. The van der Waals surface area contributed by atoms with Crippen molar-refractivity contribution >= 4 is 30.7 Å². The Morgan fingerprint density at radius 3 is 1.62 bits per heavy atom. The van der Waals surface area contributed by atoms with Crippen molar-refractivity contribution in [3.63, 3.8) is 0 Å². The van der Waals surface area contributed by atoms with Crippen LogP contribution in [0.1, 0.15) is 74.8 Å². The van der Waals surface area contributed by atoms with Gasteiger partial charge in [-0.25, -0.2) is 0 Å². The van der Waals surface area contributed by atoms with Crippen molar-refractivity contribution in [2.24, 2.45) is 0 Å².